The Morgan fingerprint density at radius 3 is 2.90 bits per heavy atom. The monoisotopic (exact) mass is 309 g/mol. The van der Waals surface area contributed by atoms with Gasteiger partial charge in [-0.2, -0.15) is 9.38 Å². The standard InChI is InChI=1S/C11H11N5O2S2/c1-6-5-20-9(12-6)7(2)13-8-10(16(17)18)15-3-4-19-11(15)14-8/h3-5,7,13H,1-2H3. The maximum atomic E-state index is 11.2. The quantitative estimate of drug-likeness (QED) is 0.590. The second kappa shape index (κ2) is 4.84. The van der Waals surface area contributed by atoms with Gasteiger partial charge in [-0.15, -0.1) is 11.3 Å². The molecule has 0 bridgehead atoms. The molecule has 1 atom stereocenters. The third kappa shape index (κ3) is 2.14. The Labute approximate surface area is 122 Å². The van der Waals surface area contributed by atoms with E-state index in [1.807, 2.05) is 19.2 Å². The topological polar surface area (TPSA) is 85.4 Å². The maximum absolute atomic E-state index is 11.2. The van der Waals surface area contributed by atoms with E-state index in [0.29, 0.717) is 4.96 Å². The fourth-order valence-electron chi connectivity index (χ4n) is 1.88. The van der Waals surface area contributed by atoms with E-state index in [0.717, 1.165) is 10.7 Å². The average molecular weight is 309 g/mol. The lowest BCUT2D eigenvalue weighted by atomic mass is 10.3. The first-order valence-corrected chi connectivity index (χ1v) is 7.60. The van der Waals surface area contributed by atoms with Gasteiger partial charge >= 0.3 is 5.82 Å². The summed E-state index contributed by atoms with van der Waals surface area (Å²) in [6, 6.07) is -0.128. The van der Waals surface area contributed by atoms with E-state index in [2.05, 4.69) is 15.3 Å². The minimum atomic E-state index is -0.422. The van der Waals surface area contributed by atoms with Crippen LogP contribution in [-0.2, 0) is 0 Å². The van der Waals surface area contributed by atoms with E-state index in [4.69, 9.17) is 0 Å². The normalized spacial score (nSPS) is 12.7. The molecule has 0 radical (unpaired) electrons. The fraction of sp³-hybridized carbons (Fsp3) is 0.273. The number of rotatable bonds is 4. The first kappa shape index (κ1) is 13.0. The summed E-state index contributed by atoms with van der Waals surface area (Å²) in [6.07, 6.45) is 1.65. The third-order valence-corrected chi connectivity index (χ3v) is 4.67. The van der Waals surface area contributed by atoms with Crippen LogP contribution in [0.25, 0.3) is 4.96 Å². The van der Waals surface area contributed by atoms with E-state index >= 15 is 0 Å². The van der Waals surface area contributed by atoms with Crippen LogP contribution in [0.4, 0.5) is 11.6 Å². The molecule has 0 fully saturated rings. The molecule has 3 rings (SSSR count). The SMILES string of the molecule is Cc1csc(C(C)Nc2nc3sccn3c2[N+](=O)[O-])n1. The fourth-order valence-corrected chi connectivity index (χ4v) is 3.40. The van der Waals surface area contributed by atoms with Gasteiger partial charge in [0.25, 0.3) is 4.96 Å². The zero-order valence-corrected chi connectivity index (χ0v) is 12.4. The van der Waals surface area contributed by atoms with Crippen LogP contribution < -0.4 is 5.32 Å². The number of aryl methyl sites for hydroxylation is 1. The summed E-state index contributed by atoms with van der Waals surface area (Å²) in [6.45, 7) is 3.83. The van der Waals surface area contributed by atoms with E-state index in [1.165, 1.54) is 27.1 Å². The molecule has 0 saturated heterocycles. The Balaban J connectivity index is 1.96. The maximum Gasteiger partial charge on any atom is 0.372 e. The minimum Gasteiger partial charge on any atom is -0.358 e. The molecular formula is C11H11N5O2S2. The molecule has 0 saturated carbocycles. The minimum absolute atomic E-state index is 0.0404. The van der Waals surface area contributed by atoms with Gasteiger partial charge < -0.3 is 15.4 Å². The Morgan fingerprint density at radius 1 is 1.45 bits per heavy atom. The summed E-state index contributed by atoms with van der Waals surface area (Å²) in [5, 5.41) is 18.9. The first-order chi connectivity index (χ1) is 9.56. The number of fused-ring (bicyclic) bond motifs is 1. The van der Waals surface area contributed by atoms with Crippen LogP contribution in [0.2, 0.25) is 0 Å². The summed E-state index contributed by atoms with van der Waals surface area (Å²) in [5.74, 6) is 0.239. The third-order valence-electron chi connectivity index (χ3n) is 2.77. The molecule has 9 heteroatoms. The molecule has 0 amide bonds. The lowest BCUT2D eigenvalue weighted by Gasteiger charge is -2.09. The van der Waals surface area contributed by atoms with Gasteiger partial charge in [-0.1, -0.05) is 11.3 Å². The van der Waals surface area contributed by atoms with Crippen molar-refractivity contribution in [3.05, 3.63) is 37.8 Å². The van der Waals surface area contributed by atoms with Crippen LogP contribution in [0.15, 0.2) is 17.0 Å². The average Bonchev–Trinajstić information content (AvgIpc) is 3.03. The highest BCUT2D eigenvalue weighted by Crippen LogP contribution is 2.31. The van der Waals surface area contributed by atoms with Crippen molar-refractivity contribution >= 4 is 39.3 Å². The van der Waals surface area contributed by atoms with Gasteiger partial charge in [0.15, 0.2) is 0 Å². The van der Waals surface area contributed by atoms with Crippen molar-refractivity contribution < 1.29 is 4.92 Å². The molecule has 3 aromatic heterocycles. The summed E-state index contributed by atoms with van der Waals surface area (Å²) in [7, 11) is 0. The molecule has 20 heavy (non-hydrogen) atoms. The lowest BCUT2D eigenvalue weighted by Crippen LogP contribution is -2.08. The zero-order valence-electron chi connectivity index (χ0n) is 10.7. The number of nitrogens with zero attached hydrogens (tertiary/aromatic N) is 4. The second-order valence-corrected chi connectivity index (χ2v) is 6.05. The molecule has 1 N–H and O–H groups in total. The summed E-state index contributed by atoms with van der Waals surface area (Å²) in [4.78, 5) is 20.0. The predicted octanol–water partition coefficient (Wildman–Crippen LogP) is 3.24. The van der Waals surface area contributed by atoms with Crippen molar-refractivity contribution in [1.82, 2.24) is 14.4 Å². The molecule has 3 heterocycles. The molecule has 0 aliphatic heterocycles. The largest absolute Gasteiger partial charge is 0.372 e. The van der Waals surface area contributed by atoms with Gasteiger partial charge in [-0.25, -0.2) is 4.98 Å². The number of imidazole rings is 1. The number of thiazole rings is 2. The Bertz CT molecular complexity index is 775. The summed E-state index contributed by atoms with van der Waals surface area (Å²) >= 11 is 2.89. The highest BCUT2D eigenvalue weighted by atomic mass is 32.1. The molecular weight excluding hydrogens is 298 g/mol. The smallest absolute Gasteiger partial charge is 0.358 e. The Morgan fingerprint density at radius 2 is 2.25 bits per heavy atom. The van der Waals surface area contributed by atoms with Crippen LogP contribution in [-0.4, -0.2) is 19.3 Å². The van der Waals surface area contributed by atoms with E-state index in [1.54, 1.807) is 11.6 Å². The van der Waals surface area contributed by atoms with Crippen LogP contribution in [0.5, 0.6) is 0 Å². The number of nitro groups is 1. The molecule has 104 valence electrons. The van der Waals surface area contributed by atoms with Gasteiger partial charge in [-0.3, -0.25) is 0 Å². The van der Waals surface area contributed by atoms with Crippen LogP contribution in [0.3, 0.4) is 0 Å². The van der Waals surface area contributed by atoms with Crippen molar-refractivity contribution in [2.24, 2.45) is 0 Å². The predicted molar refractivity (Wildman–Crippen MR) is 78.6 cm³/mol. The molecule has 7 nitrogen and oxygen atoms in total. The highest BCUT2D eigenvalue weighted by Gasteiger charge is 2.25. The van der Waals surface area contributed by atoms with Crippen LogP contribution in [0.1, 0.15) is 23.7 Å². The molecule has 0 aliphatic rings. The van der Waals surface area contributed by atoms with Crippen molar-refractivity contribution in [2.75, 3.05) is 5.32 Å². The first-order valence-electron chi connectivity index (χ1n) is 5.84. The zero-order chi connectivity index (χ0) is 14.3. The van der Waals surface area contributed by atoms with Gasteiger partial charge in [0.05, 0.1) is 6.04 Å². The molecule has 0 spiro atoms. The number of hydrogen-bond donors (Lipinski definition) is 1. The number of aromatic nitrogens is 3. The number of anilines is 1. The Kier molecular flexibility index (Phi) is 3.14. The number of nitrogens with one attached hydrogen (secondary N) is 1. The van der Waals surface area contributed by atoms with E-state index < -0.39 is 4.92 Å². The number of hydrogen-bond acceptors (Lipinski definition) is 7. The van der Waals surface area contributed by atoms with Crippen molar-refractivity contribution in [3.63, 3.8) is 0 Å². The highest BCUT2D eigenvalue weighted by molar-refractivity contribution is 7.15. The summed E-state index contributed by atoms with van der Waals surface area (Å²) < 4.78 is 1.48. The van der Waals surface area contributed by atoms with Gasteiger partial charge in [0.2, 0.25) is 5.82 Å². The molecule has 0 aliphatic carbocycles. The van der Waals surface area contributed by atoms with Crippen molar-refractivity contribution in [1.29, 1.82) is 0 Å². The molecule has 1 unspecified atom stereocenters. The van der Waals surface area contributed by atoms with Gasteiger partial charge in [0.1, 0.15) is 11.2 Å². The second-order valence-electron chi connectivity index (χ2n) is 4.29. The van der Waals surface area contributed by atoms with E-state index in [9.17, 15) is 10.1 Å². The Hall–Kier alpha value is -2.00. The molecule has 3 aromatic rings. The van der Waals surface area contributed by atoms with Crippen molar-refractivity contribution in [2.45, 2.75) is 19.9 Å². The van der Waals surface area contributed by atoms with E-state index in [-0.39, 0.29) is 17.7 Å². The van der Waals surface area contributed by atoms with Crippen molar-refractivity contribution in [3.8, 4) is 0 Å². The van der Waals surface area contributed by atoms with Crippen LogP contribution >= 0.6 is 22.7 Å². The van der Waals surface area contributed by atoms with Crippen LogP contribution in [0, 0.1) is 17.0 Å². The summed E-state index contributed by atoms with van der Waals surface area (Å²) in [5.41, 5.74) is 0.943. The van der Waals surface area contributed by atoms with Gasteiger partial charge in [0, 0.05) is 16.5 Å². The molecule has 0 aromatic carbocycles. The van der Waals surface area contributed by atoms with Gasteiger partial charge in [-0.05, 0) is 18.8 Å². The lowest BCUT2D eigenvalue weighted by molar-refractivity contribution is -0.389.